The molecule has 3 unspecified atom stereocenters. The molecule has 1 aliphatic rings. The fourth-order valence-electron chi connectivity index (χ4n) is 2.95. The standard InChI is InChI=1S/C18H36N2O2/c1-12(2)16(21)9-14-8-15(11-20(10-14)13(3)4)19-17(22)18(5,6)7/h12-16,21H,8-11H2,1-7H3,(H,19,22). The maximum Gasteiger partial charge on any atom is 0.225 e. The summed E-state index contributed by atoms with van der Waals surface area (Å²) in [4.78, 5) is 14.7. The van der Waals surface area contributed by atoms with Gasteiger partial charge in [0.2, 0.25) is 5.91 Å². The Morgan fingerprint density at radius 3 is 2.27 bits per heavy atom. The maximum atomic E-state index is 12.3. The van der Waals surface area contributed by atoms with Gasteiger partial charge in [0.25, 0.3) is 0 Å². The van der Waals surface area contributed by atoms with Crippen LogP contribution in [0.1, 0.15) is 61.3 Å². The first-order chi connectivity index (χ1) is 10.0. The third-order valence-electron chi connectivity index (χ3n) is 4.66. The molecule has 3 atom stereocenters. The Kier molecular flexibility index (Phi) is 6.87. The molecule has 0 saturated carbocycles. The fourth-order valence-corrected chi connectivity index (χ4v) is 2.95. The molecule has 130 valence electrons. The Balaban J connectivity index is 2.71. The first kappa shape index (κ1) is 19.4. The number of carbonyl (C=O) groups is 1. The van der Waals surface area contributed by atoms with E-state index in [-0.39, 0.29) is 29.4 Å². The lowest BCUT2D eigenvalue weighted by Gasteiger charge is -2.41. The SMILES string of the molecule is CC(C)C(O)CC1CC(NC(=O)C(C)(C)C)CN(C(C)C)C1. The number of piperidine rings is 1. The topological polar surface area (TPSA) is 52.6 Å². The Morgan fingerprint density at radius 2 is 1.82 bits per heavy atom. The van der Waals surface area contributed by atoms with Crippen molar-refractivity contribution >= 4 is 5.91 Å². The molecule has 1 rings (SSSR count). The first-order valence-electron chi connectivity index (χ1n) is 8.73. The minimum Gasteiger partial charge on any atom is -0.393 e. The van der Waals surface area contributed by atoms with Gasteiger partial charge < -0.3 is 10.4 Å². The van der Waals surface area contributed by atoms with Crippen molar-refractivity contribution < 1.29 is 9.90 Å². The average molecular weight is 312 g/mol. The number of aliphatic hydroxyl groups is 1. The number of hydrogen-bond donors (Lipinski definition) is 2. The van der Waals surface area contributed by atoms with Gasteiger partial charge in [0.05, 0.1) is 6.10 Å². The fraction of sp³-hybridized carbons (Fsp3) is 0.944. The average Bonchev–Trinajstić information content (AvgIpc) is 2.36. The Labute approximate surface area is 136 Å². The zero-order chi connectivity index (χ0) is 17.1. The minimum atomic E-state index is -0.354. The van der Waals surface area contributed by atoms with Crippen molar-refractivity contribution in [2.45, 2.75) is 79.5 Å². The molecule has 0 radical (unpaired) electrons. The predicted molar refractivity (Wildman–Crippen MR) is 91.7 cm³/mol. The van der Waals surface area contributed by atoms with E-state index in [1.54, 1.807) is 0 Å². The molecule has 2 N–H and O–H groups in total. The number of aliphatic hydroxyl groups excluding tert-OH is 1. The van der Waals surface area contributed by atoms with Crippen LogP contribution in [0.2, 0.25) is 0 Å². The van der Waals surface area contributed by atoms with Crippen molar-refractivity contribution in [2.24, 2.45) is 17.3 Å². The van der Waals surface area contributed by atoms with Crippen molar-refractivity contribution in [1.29, 1.82) is 0 Å². The van der Waals surface area contributed by atoms with Gasteiger partial charge in [0, 0.05) is 30.6 Å². The molecule has 0 aromatic rings. The molecule has 1 saturated heterocycles. The molecule has 4 nitrogen and oxygen atoms in total. The van der Waals surface area contributed by atoms with Crippen molar-refractivity contribution in [3.05, 3.63) is 0 Å². The van der Waals surface area contributed by atoms with Crippen LogP contribution in [0.3, 0.4) is 0 Å². The summed E-state index contributed by atoms with van der Waals surface area (Å²) in [5.74, 6) is 0.849. The number of rotatable bonds is 5. The van der Waals surface area contributed by atoms with Crippen LogP contribution in [0.5, 0.6) is 0 Å². The van der Waals surface area contributed by atoms with E-state index in [1.165, 1.54) is 0 Å². The largest absolute Gasteiger partial charge is 0.393 e. The summed E-state index contributed by atoms with van der Waals surface area (Å²) in [6.07, 6.45) is 1.54. The van der Waals surface area contributed by atoms with Crippen LogP contribution < -0.4 is 5.32 Å². The van der Waals surface area contributed by atoms with E-state index in [4.69, 9.17) is 0 Å². The highest BCUT2D eigenvalue weighted by atomic mass is 16.3. The number of likely N-dealkylation sites (tertiary alicyclic amines) is 1. The van der Waals surface area contributed by atoms with E-state index in [1.807, 2.05) is 20.8 Å². The van der Waals surface area contributed by atoms with Crippen LogP contribution in [0.15, 0.2) is 0 Å². The quantitative estimate of drug-likeness (QED) is 0.820. The predicted octanol–water partition coefficient (Wildman–Crippen LogP) is 2.65. The van der Waals surface area contributed by atoms with Gasteiger partial charge in [0.15, 0.2) is 0 Å². The molecule has 1 heterocycles. The molecule has 1 fully saturated rings. The van der Waals surface area contributed by atoms with Crippen molar-refractivity contribution in [2.75, 3.05) is 13.1 Å². The van der Waals surface area contributed by atoms with Crippen LogP contribution in [0.4, 0.5) is 0 Å². The molecule has 0 aliphatic carbocycles. The summed E-state index contributed by atoms with van der Waals surface area (Å²) in [5, 5.41) is 13.4. The van der Waals surface area contributed by atoms with Crippen LogP contribution in [-0.4, -0.2) is 47.2 Å². The molecule has 1 amide bonds. The van der Waals surface area contributed by atoms with E-state index in [0.29, 0.717) is 12.0 Å². The van der Waals surface area contributed by atoms with Gasteiger partial charge in [-0.05, 0) is 38.5 Å². The molecular formula is C18H36N2O2. The lowest BCUT2D eigenvalue weighted by Crippen LogP contribution is -2.54. The second-order valence-electron chi connectivity index (χ2n) is 8.62. The molecule has 4 heteroatoms. The highest BCUT2D eigenvalue weighted by molar-refractivity contribution is 5.81. The minimum absolute atomic E-state index is 0.117. The summed E-state index contributed by atoms with van der Waals surface area (Å²) in [5.41, 5.74) is -0.354. The van der Waals surface area contributed by atoms with E-state index in [9.17, 15) is 9.90 Å². The molecule has 0 aromatic heterocycles. The van der Waals surface area contributed by atoms with Crippen molar-refractivity contribution in [3.63, 3.8) is 0 Å². The molecule has 0 spiro atoms. The van der Waals surface area contributed by atoms with Crippen LogP contribution in [0.25, 0.3) is 0 Å². The second-order valence-corrected chi connectivity index (χ2v) is 8.62. The van der Waals surface area contributed by atoms with Gasteiger partial charge in [0.1, 0.15) is 0 Å². The number of carbonyl (C=O) groups excluding carboxylic acids is 1. The lowest BCUT2D eigenvalue weighted by molar-refractivity contribution is -0.129. The summed E-state index contributed by atoms with van der Waals surface area (Å²) in [6.45, 7) is 16.3. The third kappa shape index (κ3) is 5.88. The van der Waals surface area contributed by atoms with E-state index < -0.39 is 0 Å². The summed E-state index contributed by atoms with van der Waals surface area (Å²) in [7, 11) is 0. The zero-order valence-corrected chi connectivity index (χ0v) is 15.5. The van der Waals surface area contributed by atoms with E-state index >= 15 is 0 Å². The van der Waals surface area contributed by atoms with Crippen LogP contribution >= 0.6 is 0 Å². The number of amides is 1. The Hall–Kier alpha value is -0.610. The van der Waals surface area contributed by atoms with Crippen molar-refractivity contribution in [3.8, 4) is 0 Å². The van der Waals surface area contributed by atoms with Gasteiger partial charge in [-0.2, -0.15) is 0 Å². The maximum absolute atomic E-state index is 12.3. The lowest BCUT2D eigenvalue weighted by atomic mass is 9.85. The van der Waals surface area contributed by atoms with Crippen LogP contribution in [0, 0.1) is 17.3 Å². The Morgan fingerprint density at radius 1 is 1.23 bits per heavy atom. The number of nitrogens with one attached hydrogen (secondary N) is 1. The van der Waals surface area contributed by atoms with E-state index in [0.717, 1.165) is 25.9 Å². The molecule has 0 aromatic carbocycles. The van der Waals surface area contributed by atoms with Gasteiger partial charge in [-0.1, -0.05) is 34.6 Å². The Bertz CT molecular complexity index is 359. The van der Waals surface area contributed by atoms with E-state index in [2.05, 4.69) is 37.9 Å². The summed E-state index contributed by atoms with van der Waals surface area (Å²) in [6, 6.07) is 0.653. The van der Waals surface area contributed by atoms with Crippen LogP contribution in [-0.2, 0) is 4.79 Å². The zero-order valence-electron chi connectivity index (χ0n) is 15.5. The molecule has 22 heavy (non-hydrogen) atoms. The van der Waals surface area contributed by atoms with Gasteiger partial charge >= 0.3 is 0 Å². The molecule has 1 aliphatic heterocycles. The number of hydrogen-bond acceptors (Lipinski definition) is 3. The highest BCUT2D eigenvalue weighted by Crippen LogP contribution is 2.26. The summed E-state index contributed by atoms with van der Waals surface area (Å²) < 4.78 is 0. The molecular weight excluding hydrogens is 276 g/mol. The summed E-state index contributed by atoms with van der Waals surface area (Å²) >= 11 is 0. The van der Waals surface area contributed by atoms with Gasteiger partial charge in [-0.15, -0.1) is 0 Å². The van der Waals surface area contributed by atoms with Gasteiger partial charge in [-0.25, -0.2) is 0 Å². The third-order valence-corrected chi connectivity index (χ3v) is 4.66. The molecule has 0 bridgehead atoms. The second kappa shape index (κ2) is 7.78. The highest BCUT2D eigenvalue weighted by Gasteiger charge is 2.33. The normalized spacial score (nSPS) is 25.5. The van der Waals surface area contributed by atoms with Gasteiger partial charge in [-0.3, -0.25) is 9.69 Å². The monoisotopic (exact) mass is 312 g/mol. The number of nitrogens with zero attached hydrogens (tertiary/aromatic N) is 1. The first-order valence-corrected chi connectivity index (χ1v) is 8.73. The van der Waals surface area contributed by atoms with Crippen molar-refractivity contribution in [1.82, 2.24) is 10.2 Å². The smallest absolute Gasteiger partial charge is 0.225 e.